The van der Waals surface area contributed by atoms with Gasteiger partial charge in [0, 0.05) is 64.3 Å². The third kappa shape index (κ3) is 16.8. The summed E-state index contributed by atoms with van der Waals surface area (Å²) in [6, 6.07) is 17.1. The van der Waals surface area contributed by atoms with Crippen LogP contribution in [0.1, 0.15) is 47.8 Å². The van der Waals surface area contributed by atoms with Crippen molar-refractivity contribution in [2.24, 2.45) is 0 Å². The lowest BCUT2D eigenvalue weighted by Crippen LogP contribution is -2.64. The zero-order valence-corrected chi connectivity index (χ0v) is 40.2. The summed E-state index contributed by atoms with van der Waals surface area (Å²) in [7, 11) is 2.39. The molecule has 4 aromatic carbocycles. The molecule has 0 radical (unpaired) electrons. The summed E-state index contributed by atoms with van der Waals surface area (Å²) in [4.78, 5) is 123. The van der Waals surface area contributed by atoms with Crippen LogP contribution in [-0.2, 0) is 81.6 Å². The molecule has 1 saturated heterocycles. The number of methoxy groups -OCH3 is 2. The summed E-state index contributed by atoms with van der Waals surface area (Å²) < 4.78 is 63.9. The Morgan fingerprint density at radius 3 is 1.69 bits per heavy atom. The van der Waals surface area contributed by atoms with E-state index >= 15 is 0 Å². The minimum Gasteiger partial charge on any atom is -0.467 e. The lowest BCUT2D eigenvalue weighted by Gasteiger charge is -2.43. The summed E-state index contributed by atoms with van der Waals surface area (Å²) in [5, 5.41) is 27.1. The Morgan fingerprint density at radius 2 is 1.15 bits per heavy atom. The Kier molecular flexibility index (Phi) is 20.2. The number of nitro groups is 2. The molecule has 75 heavy (non-hydrogen) atoms. The van der Waals surface area contributed by atoms with Gasteiger partial charge in [-0.15, -0.1) is 0 Å². The highest BCUT2D eigenvalue weighted by Crippen LogP contribution is 2.33. The number of rotatable bonds is 21. The van der Waals surface area contributed by atoms with Gasteiger partial charge in [-0.25, -0.2) is 19.2 Å². The maximum atomic E-state index is 13.7. The van der Waals surface area contributed by atoms with E-state index in [1.54, 1.807) is 0 Å². The minimum absolute atomic E-state index is 0.00498. The molecular formula is C47H46N4O24. The highest BCUT2D eigenvalue weighted by Gasteiger charge is 2.56. The van der Waals surface area contributed by atoms with Crippen molar-refractivity contribution in [2.45, 2.75) is 71.3 Å². The van der Waals surface area contributed by atoms with Crippen LogP contribution in [0.4, 0.5) is 31.4 Å². The number of esters is 4. The van der Waals surface area contributed by atoms with Gasteiger partial charge in [-0.05, 0) is 59.7 Å². The Balaban J connectivity index is 1.36. The van der Waals surface area contributed by atoms with E-state index in [-0.39, 0.29) is 69.7 Å². The molecule has 0 saturated carbocycles. The van der Waals surface area contributed by atoms with Crippen molar-refractivity contribution < 1.29 is 105 Å². The Morgan fingerprint density at radius 1 is 0.627 bits per heavy atom. The molecule has 0 unspecified atom stereocenters. The molecule has 2 amide bonds. The standard InChI is InChI=1S/C47H46N4O24/c1-25(52)69-38-39(70-26(2)53)41(71-27(3)54)44(75-40(38)43(56)65-5)74-37-17-7-29(21-35(37)42(55)48-18-19-64-4)22-66-45(57)49-36-16-6-28(23-67-46(58)72-33-12-8-31(9-13-33)50(60)61)20-30(36)24-68-47(59)73-34-14-10-32(11-15-34)51(62)63/h6-17,20-21,38-41,44H,18-19,22-24H2,1-5H3,(H,48,55)(H,49,57)/t38-,39-,40-,41+,44+/m0/s1. The zero-order chi connectivity index (χ0) is 54.8. The van der Waals surface area contributed by atoms with Gasteiger partial charge in [0.1, 0.15) is 37.1 Å². The molecule has 0 spiro atoms. The molecular weight excluding hydrogens is 1000 g/mol. The van der Waals surface area contributed by atoms with Gasteiger partial charge in [0.2, 0.25) is 12.4 Å². The predicted molar refractivity (Wildman–Crippen MR) is 247 cm³/mol. The fraction of sp³-hybridized carbons (Fsp3) is 0.319. The minimum atomic E-state index is -1.84. The number of non-ortho nitro benzene ring substituents is 2. The van der Waals surface area contributed by atoms with Crippen molar-refractivity contribution in [1.29, 1.82) is 0 Å². The monoisotopic (exact) mass is 1050 g/mol. The van der Waals surface area contributed by atoms with Crippen molar-refractivity contribution in [3.05, 3.63) is 127 Å². The second kappa shape index (κ2) is 26.8. The molecule has 5 rings (SSSR count). The van der Waals surface area contributed by atoms with E-state index in [0.717, 1.165) is 64.3 Å². The topological polar surface area (TPSA) is 358 Å². The van der Waals surface area contributed by atoms with Crippen molar-refractivity contribution >= 4 is 65.3 Å². The smallest absolute Gasteiger partial charge is 0.467 e. The number of carbonyl (C=O) groups excluding carboxylic acids is 8. The highest BCUT2D eigenvalue weighted by atomic mass is 16.7. The summed E-state index contributed by atoms with van der Waals surface area (Å²) in [5.74, 6) is -5.12. The largest absolute Gasteiger partial charge is 0.514 e. The van der Waals surface area contributed by atoms with E-state index in [4.69, 9.17) is 56.8 Å². The van der Waals surface area contributed by atoms with Crippen LogP contribution in [0.5, 0.6) is 17.2 Å². The van der Waals surface area contributed by atoms with Crippen LogP contribution in [0.15, 0.2) is 84.9 Å². The normalized spacial score (nSPS) is 16.6. The maximum absolute atomic E-state index is 13.7. The van der Waals surface area contributed by atoms with Gasteiger partial charge >= 0.3 is 42.3 Å². The van der Waals surface area contributed by atoms with E-state index in [9.17, 15) is 58.6 Å². The fourth-order valence-electron chi connectivity index (χ4n) is 6.68. The number of hydrogen-bond acceptors (Lipinski definition) is 24. The van der Waals surface area contributed by atoms with Crippen LogP contribution in [0, 0.1) is 20.2 Å². The summed E-state index contributed by atoms with van der Waals surface area (Å²) in [5.41, 5.74) is -0.183. The molecule has 28 nitrogen and oxygen atoms in total. The number of ether oxygens (including phenoxy) is 12. The molecule has 2 N–H and O–H groups in total. The zero-order valence-electron chi connectivity index (χ0n) is 40.2. The van der Waals surface area contributed by atoms with Crippen LogP contribution >= 0.6 is 0 Å². The predicted octanol–water partition coefficient (Wildman–Crippen LogP) is 5.13. The first kappa shape index (κ1) is 56.5. The number of nitro benzene ring substituents is 2. The Bertz CT molecular complexity index is 2770. The number of nitrogens with one attached hydrogen (secondary N) is 2. The van der Waals surface area contributed by atoms with E-state index in [2.05, 4.69) is 10.6 Å². The van der Waals surface area contributed by atoms with Gasteiger partial charge in [0.05, 0.1) is 34.8 Å². The summed E-state index contributed by atoms with van der Waals surface area (Å²) in [6.07, 6.45) is -12.3. The van der Waals surface area contributed by atoms with E-state index in [1.807, 2.05) is 0 Å². The summed E-state index contributed by atoms with van der Waals surface area (Å²) >= 11 is 0. The first-order chi connectivity index (χ1) is 35.7. The van der Waals surface area contributed by atoms with Crippen LogP contribution < -0.4 is 24.8 Å². The first-order valence-corrected chi connectivity index (χ1v) is 21.8. The molecule has 1 aliphatic heterocycles. The molecule has 0 aromatic heterocycles. The van der Waals surface area contributed by atoms with Crippen molar-refractivity contribution in [3.8, 4) is 17.2 Å². The lowest BCUT2D eigenvalue weighted by atomic mass is 9.97. The molecule has 398 valence electrons. The number of anilines is 1. The SMILES string of the molecule is COCCNC(=O)c1cc(COC(=O)Nc2ccc(COC(=O)Oc3ccc([N+](=O)[O-])cc3)cc2COC(=O)Oc2ccc([N+](=O)[O-])cc2)ccc1O[C@@H]1O[C@H](C(=O)OC)[C@@H](OC(C)=O)[C@H](OC(C)=O)[C@H]1OC(C)=O. The third-order valence-electron chi connectivity index (χ3n) is 9.93. The quantitative estimate of drug-likeness (QED) is 0.0273. The maximum Gasteiger partial charge on any atom is 0.514 e. The van der Waals surface area contributed by atoms with Gasteiger partial charge in [0.15, 0.2) is 18.3 Å². The average Bonchev–Trinajstić information content (AvgIpc) is 3.36. The van der Waals surface area contributed by atoms with E-state index in [1.165, 1.54) is 55.6 Å². The van der Waals surface area contributed by atoms with Gasteiger partial charge in [-0.2, -0.15) is 0 Å². The summed E-state index contributed by atoms with van der Waals surface area (Å²) in [6.45, 7) is 1.56. The second-order valence-corrected chi connectivity index (χ2v) is 15.3. The molecule has 1 fully saturated rings. The number of benzene rings is 4. The Hall–Kier alpha value is -9.44. The van der Waals surface area contributed by atoms with Crippen molar-refractivity contribution in [2.75, 3.05) is 32.7 Å². The van der Waals surface area contributed by atoms with Crippen LogP contribution in [0.2, 0.25) is 0 Å². The van der Waals surface area contributed by atoms with Crippen LogP contribution in [0.25, 0.3) is 0 Å². The molecule has 0 bridgehead atoms. The molecule has 4 aromatic rings. The van der Waals surface area contributed by atoms with Gasteiger partial charge in [0.25, 0.3) is 17.3 Å². The fourth-order valence-corrected chi connectivity index (χ4v) is 6.68. The molecule has 1 heterocycles. The second-order valence-electron chi connectivity index (χ2n) is 15.3. The number of carbonyl (C=O) groups is 8. The van der Waals surface area contributed by atoms with E-state index in [0.29, 0.717) is 0 Å². The van der Waals surface area contributed by atoms with E-state index < -0.39 is 109 Å². The van der Waals surface area contributed by atoms with Gasteiger partial charge in [-0.3, -0.25) is 44.7 Å². The lowest BCUT2D eigenvalue weighted by molar-refractivity contribution is -0.385. The number of nitrogens with zero attached hydrogens (tertiary/aromatic N) is 2. The number of hydrogen-bond donors (Lipinski definition) is 2. The molecule has 5 atom stereocenters. The first-order valence-electron chi connectivity index (χ1n) is 21.8. The van der Waals surface area contributed by atoms with Gasteiger partial charge < -0.3 is 62.2 Å². The molecule has 1 aliphatic rings. The van der Waals surface area contributed by atoms with Crippen molar-refractivity contribution in [3.63, 3.8) is 0 Å². The van der Waals surface area contributed by atoms with Crippen LogP contribution in [-0.4, -0.2) is 116 Å². The highest BCUT2D eigenvalue weighted by molar-refractivity contribution is 5.97. The van der Waals surface area contributed by atoms with Crippen LogP contribution in [0.3, 0.4) is 0 Å². The third-order valence-corrected chi connectivity index (χ3v) is 9.93. The van der Waals surface area contributed by atoms with Crippen molar-refractivity contribution in [1.82, 2.24) is 5.32 Å². The number of amides is 2. The molecule has 0 aliphatic carbocycles. The Labute approximate surface area is 423 Å². The van der Waals surface area contributed by atoms with Gasteiger partial charge in [-0.1, -0.05) is 12.1 Å². The molecule has 28 heteroatoms. The average molecular weight is 1050 g/mol.